The van der Waals surface area contributed by atoms with E-state index in [0.717, 1.165) is 21.9 Å². The van der Waals surface area contributed by atoms with Gasteiger partial charge in [-0.15, -0.1) is 0 Å². The van der Waals surface area contributed by atoms with E-state index in [1.807, 2.05) is 75.4 Å². The number of hydrogen-bond acceptors (Lipinski definition) is 5. The molecule has 0 fully saturated rings. The number of halogens is 2. The lowest BCUT2D eigenvalue weighted by Gasteiger charge is -2.34. The van der Waals surface area contributed by atoms with Gasteiger partial charge in [0, 0.05) is 35.9 Å². The number of rotatable bonds is 13. The first kappa shape index (κ1) is 34.4. The van der Waals surface area contributed by atoms with E-state index in [1.54, 1.807) is 17.0 Å². The minimum absolute atomic E-state index is 0.0283. The molecule has 0 aliphatic heterocycles. The van der Waals surface area contributed by atoms with Crippen LogP contribution in [0.4, 0.5) is 5.69 Å². The summed E-state index contributed by atoms with van der Waals surface area (Å²) in [4.78, 5) is 29.3. The van der Waals surface area contributed by atoms with E-state index < -0.39 is 21.6 Å². The second-order valence-corrected chi connectivity index (χ2v) is 14.6. The molecule has 0 bridgehead atoms. The van der Waals surface area contributed by atoms with Crippen LogP contribution in [0.1, 0.15) is 44.7 Å². The van der Waals surface area contributed by atoms with Gasteiger partial charge in [0.2, 0.25) is 21.8 Å². The fraction of sp³-hybridized carbons (Fsp3) is 0.375. The summed E-state index contributed by atoms with van der Waals surface area (Å²) in [6.45, 7) is 5.96. The molecular formula is C32H39BrClN3O5S. The fourth-order valence-electron chi connectivity index (χ4n) is 4.61. The Morgan fingerprint density at radius 1 is 1.00 bits per heavy atom. The van der Waals surface area contributed by atoms with Crippen molar-refractivity contribution in [1.29, 1.82) is 0 Å². The molecule has 8 nitrogen and oxygen atoms in total. The van der Waals surface area contributed by atoms with Gasteiger partial charge in [-0.05, 0) is 68.7 Å². The minimum atomic E-state index is -3.68. The van der Waals surface area contributed by atoms with Crippen LogP contribution in [0.25, 0.3) is 0 Å². The zero-order chi connectivity index (χ0) is 31.8. The van der Waals surface area contributed by atoms with Crippen LogP contribution in [0.5, 0.6) is 5.75 Å². The zero-order valence-electron chi connectivity index (χ0n) is 25.1. The number of nitrogens with one attached hydrogen (secondary N) is 1. The average molecular weight is 693 g/mol. The largest absolute Gasteiger partial charge is 0.495 e. The normalized spacial score (nSPS) is 12.3. The van der Waals surface area contributed by atoms with Crippen molar-refractivity contribution >= 4 is 55.1 Å². The number of carbonyl (C=O) groups excluding carboxylic acids is 2. The molecule has 232 valence electrons. The molecule has 0 aromatic heterocycles. The van der Waals surface area contributed by atoms with Crippen LogP contribution in [0.2, 0.25) is 5.02 Å². The summed E-state index contributed by atoms with van der Waals surface area (Å²) < 4.78 is 32.7. The highest BCUT2D eigenvalue weighted by Crippen LogP contribution is 2.30. The lowest BCUT2D eigenvalue weighted by Crippen LogP contribution is -2.54. The third-order valence-electron chi connectivity index (χ3n) is 6.61. The van der Waals surface area contributed by atoms with Gasteiger partial charge in [0.25, 0.3) is 0 Å². The third-order valence-corrected chi connectivity index (χ3v) is 8.63. The van der Waals surface area contributed by atoms with Crippen molar-refractivity contribution in [2.75, 3.05) is 24.2 Å². The highest BCUT2D eigenvalue weighted by atomic mass is 79.9. The molecule has 3 rings (SSSR count). The predicted octanol–water partition coefficient (Wildman–Crippen LogP) is 6.21. The second kappa shape index (κ2) is 15.1. The lowest BCUT2D eigenvalue weighted by atomic mass is 10.00. The van der Waals surface area contributed by atoms with Gasteiger partial charge >= 0.3 is 0 Å². The molecule has 11 heteroatoms. The Hall–Kier alpha value is -3.08. The van der Waals surface area contributed by atoms with E-state index in [0.29, 0.717) is 17.9 Å². The number of methoxy groups -OCH3 is 1. The Labute approximate surface area is 268 Å². The van der Waals surface area contributed by atoms with Crippen LogP contribution in [-0.2, 0) is 32.6 Å². The molecule has 3 aromatic carbocycles. The van der Waals surface area contributed by atoms with Gasteiger partial charge in [-0.1, -0.05) is 70.0 Å². The third kappa shape index (κ3) is 10.5. The molecule has 0 saturated carbocycles. The molecule has 0 aliphatic rings. The van der Waals surface area contributed by atoms with Crippen molar-refractivity contribution in [3.05, 3.63) is 93.4 Å². The van der Waals surface area contributed by atoms with Crippen LogP contribution >= 0.6 is 27.5 Å². The van der Waals surface area contributed by atoms with E-state index in [2.05, 4.69) is 21.2 Å². The Kier molecular flexibility index (Phi) is 12.1. The molecule has 0 saturated heterocycles. The summed E-state index contributed by atoms with van der Waals surface area (Å²) in [5, 5.41) is 3.33. The zero-order valence-corrected chi connectivity index (χ0v) is 28.3. The maximum atomic E-state index is 14.0. The van der Waals surface area contributed by atoms with Gasteiger partial charge < -0.3 is 15.0 Å². The monoisotopic (exact) mass is 691 g/mol. The minimum Gasteiger partial charge on any atom is -0.495 e. The summed E-state index contributed by atoms with van der Waals surface area (Å²) in [5.74, 6) is -0.0859. The van der Waals surface area contributed by atoms with Gasteiger partial charge in [-0.25, -0.2) is 8.42 Å². The summed E-state index contributed by atoms with van der Waals surface area (Å²) in [6, 6.07) is 21.1. The van der Waals surface area contributed by atoms with Crippen molar-refractivity contribution in [3.8, 4) is 5.75 Å². The van der Waals surface area contributed by atoms with Crippen LogP contribution in [0, 0.1) is 0 Å². The Morgan fingerprint density at radius 3 is 2.21 bits per heavy atom. The van der Waals surface area contributed by atoms with Crippen molar-refractivity contribution in [1.82, 2.24) is 10.2 Å². The molecular weight excluding hydrogens is 654 g/mol. The molecule has 3 aromatic rings. The van der Waals surface area contributed by atoms with E-state index in [1.165, 1.54) is 17.5 Å². The molecule has 0 heterocycles. The maximum Gasteiger partial charge on any atom is 0.243 e. The first-order valence-corrected chi connectivity index (χ1v) is 16.9. The number of ether oxygens (including phenoxy) is 1. The number of carbonyl (C=O) groups is 2. The van der Waals surface area contributed by atoms with Crippen molar-refractivity contribution < 1.29 is 22.7 Å². The predicted molar refractivity (Wildman–Crippen MR) is 176 cm³/mol. The van der Waals surface area contributed by atoms with Crippen LogP contribution in [-0.4, -0.2) is 56.6 Å². The smallest absolute Gasteiger partial charge is 0.243 e. The standard InChI is InChI=1S/C32H39BrClN3O5S/c1-32(2,3)35-31(39)28(20-23-10-7-6-8-11-23)36(22-24-13-15-25(33)16-14-24)30(38)12-9-19-37(43(5,40)41)26-17-18-29(42-4)27(34)21-26/h6-8,10-11,13-18,21,28H,9,12,19-20,22H2,1-5H3,(H,35,39)/t28-/m1/s1. The second-order valence-electron chi connectivity index (χ2n) is 11.4. The van der Waals surface area contributed by atoms with E-state index in [4.69, 9.17) is 16.3 Å². The van der Waals surface area contributed by atoms with Gasteiger partial charge in [0.1, 0.15) is 11.8 Å². The Balaban J connectivity index is 1.90. The van der Waals surface area contributed by atoms with Crippen molar-refractivity contribution in [2.45, 2.75) is 58.2 Å². The number of hydrogen-bond donors (Lipinski definition) is 1. The highest BCUT2D eigenvalue weighted by molar-refractivity contribution is 9.10. The molecule has 0 aliphatic carbocycles. The Bertz CT molecular complexity index is 1500. The summed E-state index contributed by atoms with van der Waals surface area (Å²) >= 11 is 9.72. The lowest BCUT2D eigenvalue weighted by molar-refractivity contribution is -0.142. The van der Waals surface area contributed by atoms with E-state index >= 15 is 0 Å². The molecule has 0 radical (unpaired) electrons. The van der Waals surface area contributed by atoms with Crippen LogP contribution in [0.3, 0.4) is 0 Å². The molecule has 2 amide bonds. The first-order valence-electron chi connectivity index (χ1n) is 13.9. The van der Waals surface area contributed by atoms with Gasteiger partial charge in [0.15, 0.2) is 0 Å². The fourth-order valence-corrected chi connectivity index (χ4v) is 6.08. The van der Waals surface area contributed by atoms with Crippen LogP contribution < -0.4 is 14.4 Å². The maximum absolute atomic E-state index is 14.0. The molecule has 1 N–H and O–H groups in total. The quantitative estimate of drug-likeness (QED) is 0.230. The number of amides is 2. The first-order chi connectivity index (χ1) is 20.2. The van der Waals surface area contributed by atoms with E-state index in [-0.39, 0.29) is 42.8 Å². The molecule has 1 atom stereocenters. The SMILES string of the molecule is COc1ccc(N(CCCC(=O)N(Cc2ccc(Br)cc2)[C@H](Cc2ccccc2)C(=O)NC(C)(C)C)S(C)(=O)=O)cc1Cl. The number of nitrogens with zero attached hydrogens (tertiary/aromatic N) is 2. The van der Waals surface area contributed by atoms with Gasteiger partial charge in [-0.2, -0.15) is 0 Å². The molecule has 0 unspecified atom stereocenters. The van der Waals surface area contributed by atoms with Gasteiger partial charge in [-0.3, -0.25) is 13.9 Å². The molecule has 0 spiro atoms. The molecule has 43 heavy (non-hydrogen) atoms. The van der Waals surface area contributed by atoms with Crippen LogP contribution in [0.15, 0.2) is 77.3 Å². The van der Waals surface area contributed by atoms with Gasteiger partial charge in [0.05, 0.1) is 24.1 Å². The van der Waals surface area contributed by atoms with Crippen molar-refractivity contribution in [3.63, 3.8) is 0 Å². The Morgan fingerprint density at radius 2 is 1.65 bits per heavy atom. The average Bonchev–Trinajstić information content (AvgIpc) is 2.92. The number of anilines is 1. The summed E-state index contributed by atoms with van der Waals surface area (Å²) in [6.07, 6.45) is 1.69. The highest BCUT2D eigenvalue weighted by Gasteiger charge is 2.32. The summed E-state index contributed by atoms with van der Waals surface area (Å²) in [7, 11) is -2.20. The summed E-state index contributed by atoms with van der Waals surface area (Å²) in [5.41, 5.74) is 1.65. The topological polar surface area (TPSA) is 96.0 Å². The van der Waals surface area contributed by atoms with Crippen molar-refractivity contribution in [2.24, 2.45) is 0 Å². The number of sulfonamides is 1. The number of benzene rings is 3. The van der Waals surface area contributed by atoms with E-state index in [9.17, 15) is 18.0 Å².